The number of rotatable bonds is 4. The zero-order valence-electron chi connectivity index (χ0n) is 13.5. The van der Waals surface area contributed by atoms with Crippen LogP contribution in [0.5, 0.6) is 0 Å². The van der Waals surface area contributed by atoms with Crippen LogP contribution in [-0.2, 0) is 16.1 Å². The van der Waals surface area contributed by atoms with Gasteiger partial charge in [0.25, 0.3) is 0 Å². The summed E-state index contributed by atoms with van der Waals surface area (Å²) in [6.07, 6.45) is 0.519. The largest absolute Gasteiger partial charge is 0.351 e. The Hall–Kier alpha value is -2.33. The second-order valence-corrected chi connectivity index (χ2v) is 6.33. The number of halogens is 1. The molecule has 0 aliphatic carbocycles. The maximum absolute atomic E-state index is 12.6. The number of nitrogens with one attached hydrogen (secondary N) is 1. The van der Waals surface area contributed by atoms with Gasteiger partial charge in [-0.3, -0.25) is 9.59 Å². The third-order valence-corrected chi connectivity index (χ3v) is 4.77. The van der Waals surface area contributed by atoms with Gasteiger partial charge in [-0.15, -0.1) is 0 Å². The zero-order chi connectivity index (χ0) is 17.1. The lowest BCUT2D eigenvalue weighted by molar-refractivity contribution is -0.132. The van der Waals surface area contributed by atoms with Crippen LogP contribution < -0.4 is 10.2 Å². The second kappa shape index (κ2) is 7.05. The van der Waals surface area contributed by atoms with E-state index in [0.717, 1.165) is 16.8 Å². The highest BCUT2D eigenvalue weighted by Crippen LogP contribution is 2.31. The fourth-order valence-electron chi connectivity index (χ4n) is 2.96. The molecule has 0 spiro atoms. The lowest BCUT2D eigenvalue weighted by Crippen LogP contribution is -2.36. The van der Waals surface area contributed by atoms with E-state index < -0.39 is 5.92 Å². The van der Waals surface area contributed by atoms with Gasteiger partial charge < -0.3 is 10.2 Å². The molecule has 1 saturated heterocycles. The van der Waals surface area contributed by atoms with Crippen LogP contribution in [0, 0.1) is 12.8 Å². The maximum Gasteiger partial charge on any atom is 0.239 e. The van der Waals surface area contributed by atoms with E-state index in [0.29, 0.717) is 24.5 Å². The van der Waals surface area contributed by atoms with Gasteiger partial charge in [0.1, 0.15) is 5.92 Å². The molecular weight excluding hydrogens is 324 g/mol. The SMILES string of the molecule is Cc1c(Cl)cccc1N1CCC(C(=O)NCc2ccccc2)C1=O. The summed E-state index contributed by atoms with van der Waals surface area (Å²) in [5.41, 5.74) is 2.66. The molecule has 2 aromatic carbocycles. The van der Waals surface area contributed by atoms with Crippen molar-refractivity contribution in [3.8, 4) is 0 Å². The number of benzene rings is 2. The topological polar surface area (TPSA) is 49.4 Å². The van der Waals surface area contributed by atoms with Crippen LogP contribution in [0.4, 0.5) is 5.69 Å². The number of amides is 2. The normalized spacial score (nSPS) is 17.2. The number of nitrogens with zero attached hydrogens (tertiary/aromatic N) is 1. The highest BCUT2D eigenvalue weighted by Gasteiger charge is 2.38. The molecular formula is C19H19ClN2O2. The van der Waals surface area contributed by atoms with Crippen molar-refractivity contribution < 1.29 is 9.59 Å². The van der Waals surface area contributed by atoms with E-state index in [1.165, 1.54) is 0 Å². The summed E-state index contributed by atoms with van der Waals surface area (Å²) in [5, 5.41) is 3.48. The Kier molecular flexibility index (Phi) is 4.86. The van der Waals surface area contributed by atoms with Gasteiger partial charge in [0.2, 0.25) is 11.8 Å². The molecule has 0 radical (unpaired) electrons. The first-order valence-electron chi connectivity index (χ1n) is 7.96. The number of carbonyl (C=O) groups is 2. The first-order chi connectivity index (χ1) is 11.6. The molecule has 1 heterocycles. The van der Waals surface area contributed by atoms with Crippen LogP contribution in [0.1, 0.15) is 17.5 Å². The monoisotopic (exact) mass is 342 g/mol. The summed E-state index contributed by atoms with van der Waals surface area (Å²) < 4.78 is 0. The van der Waals surface area contributed by atoms with Gasteiger partial charge in [0.15, 0.2) is 0 Å². The van der Waals surface area contributed by atoms with Crippen molar-refractivity contribution in [2.24, 2.45) is 5.92 Å². The van der Waals surface area contributed by atoms with Gasteiger partial charge in [-0.2, -0.15) is 0 Å². The Labute approximate surface area is 146 Å². The smallest absolute Gasteiger partial charge is 0.239 e. The second-order valence-electron chi connectivity index (χ2n) is 5.92. The predicted molar refractivity (Wildman–Crippen MR) is 94.9 cm³/mol. The average molecular weight is 343 g/mol. The minimum atomic E-state index is -0.632. The molecule has 1 unspecified atom stereocenters. The van der Waals surface area contributed by atoms with E-state index >= 15 is 0 Å². The minimum Gasteiger partial charge on any atom is -0.351 e. The Bertz CT molecular complexity index is 761. The van der Waals surface area contributed by atoms with Crippen molar-refractivity contribution in [1.82, 2.24) is 5.32 Å². The third kappa shape index (κ3) is 3.29. The van der Waals surface area contributed by atoms with Crippen molar-refractivity contribution >= 4 is 29.1 Å². The number of hydrogen-bond acceptors (Lipinski definition) is 2. The summed E-state index contributed by atoms with van der Waals surface area (Å²) in [7, 11) is 0. The molecule has 3 rings (SSSR count). The quantitative estimate of drug-likeness (QED) is 0.866. The van der Waals surface area contributed by atoms with E-state index in [-0.39, 0.29) is 11.8 Å². The van der Waals surface area contributed by atoms with Crippen LogP contribution in [0.25, 0.3) is 0 Å². The summed E-state index contributed by atoms with van der Waals surface area (Å²) in [5.74, 6) is -1.01. The molecule has 4 nitrogen and oxygen atoms in total. The molecule has 24 heavy (non-hydrogen) atoms. The predicted octanol–water partition coefficient (Wildman–Crippen LogP) is 3.32. The van der Waals surface area contributed by atoms with Gasteiger partial charge in [0, 0.05) is 23.8 Å². The molecule has 2 amide bonds. The van der Waals surface area contributed by atoms with Crippen LogP contribution >= 0.6 is 11.6 Å². The molecule has 1 aliphatic heterocycles. The summed E-state index contributed by atoms with van der Waals surface area (Å²) >= 11 is 6.14. The molecule has 1 aliphatic rings. The van der Waals surface area contributed by atoms with Crippen molar-refractivity contribution in [3.05, 3.63) is 64.7 Å². The van der Waals surface area contributed by atoms with Gasteiger partial charge in [-0.1, -0.05) is 48.0 Å². The summed E-state index contributed by atoms with van der Waals surface area (Å²) in [6, 6.07) is 15.1. The molecule has 0 aromatic heterocycles. The Balaban J connectivity index is 1.67. The minimum absolute atomic E-state index is 0.161. The van der Waals surface area contributed by atoms with Crippen molar-refractivity contribution in [2.45, 2.75) is 19.9 Å². The van der Waals surface area contributed by atoms with Gasteiger partial charge in [-0.05, 0) is 36.6 Å². The fourth-order valence-corrected chi connectivity index (χ4v) is 3.13. The average Bonchev–Trinajstić information content (AvgIpc) is 2.98. The standard InChI is InChI=1S/C19H19ClN2O2/c1-13-16(20)8-5-9-17(13)22-11-10-15(19(22)24)18(23)21-12-14-6-3-2-4-7-14/h2-9,15H,10-12H2,1H3,(H,21,23). The zero-order valence-corrected chi connectivity index (χ0v) is 14.2. The molecule has 124 valence electrons. The maximum atomic E-state index is 12.6. The van der Waals surface area contributed by atoms with E-state index in [2.05, 4.69) is 5.32 Å². The number of carbonyl (C=O) groups excluding carboxylic acids is 2. The molecule has 0 bridgehead atoms. The van der Waals surface area contributed by atoms with E-state index in [4.69, 9.17) is 11.6 Å². The lowest BCUT2D eigenvalue weighted by Gasteiger charge is -2.19. The van der Waals surface area contributed by atoms with Crippen molar-refractivity contribution in [3.63, 3.8) is 0 Å². The Morgan fingerprint density at radius 3 is 2.71 bits per heavy atom. The first-order valence-corrected chi connectivity index (χ1v) is 8.34. The Morgan fingerprint density at radius 1 is 1.21 bits per heavy atom. The van der Waals surface area contributed by atoms with Crippen LogP contribution in [0.2, 0.25) is 5.02 Å². The summed E-state index contributed by atoms with van der Waals surface area (Å²) in [4.78, 5) is 26.7. The Morgan fingerprint density at radius 2 is 1.96 bits per heavy atom. The highest BCUT2D eigenvalue weighted by molar-refractivity contribution is 6.31. The van der Waals surface area contributed by atoms with Crippen LogP contribution in [0.15, 0.2) is 48.5 Å². The molecule has 2 aromatic rings. The van der Waals surface area contributed by atoms with Crippen LogP contribution in [0.3, 0.4) is 0 Å². The lowest BCUT2D eigenvalue weighted by atomic mass is 10.1. The molecule has 1 atom stereocenters. The third-order valence-electron chi connectivity index (χ3n) is 4.36. The molecule has 0 saturated carbocycles. The number of anilines is 1. The van der Waals surface area contributed by atoms with Crippen molar-refractivity contribution in [1.29, 1.82) is 0 Å². The van der Waals surface area contributed by atoms with E-state index in [1.54, 1.807) is 11.0 Å². The van der Waals surface area contributed by atoms with Crippen LogP contribution in [-0.4, -0.2) is 18.4 Å². The van der Waals surface area contributed by atoms with Gasteiger partial charge >= 0.3 is 0 Å². The summed E-state index contributed by atoms with van der Waals surface area (Å²) in [6.45, 7) is 2.84. The first kappa shape index (κ1) is 16.5. The molecule has 5 heteroatoms. The fraction of sp³-hybridized carbons (Fsp3) is 0.263. The van der Waals surface area contributed by atoms with E-state index in [9.17, 15) is 9.59 Å². The molecule has 1 N–H and O–H groups in total. The van der Waals surface area contributed by atoms with Crippen molar-refractivity contribution in [2.75, 3.05) is 11.4 Å². The van der Waals surface area contributed by atoms with Gasteiger partial charge in [-0.25, -0.2) is 0 Å². The van der Waals surface area contributed by atoms with Gasteiger partial charge in [0.05, 0.1) is 0 Å². The molecule has 1 fully saturated rings. The highest BCUT2D eigenvalue weighted by atomic mass is 35.5. The number of hydrogen-bond donors (Lipinski definition) is 1. The van der Waals surface area contributed by atoms with E-state index in [1.807, 2.05) is 49.4 Å².